The second-order valence-electron chi connectivity index (χ2n) is 5.46. The van der Waals surface area contributed by atoms with Gasteiger partial charge in [0.15, 0.2) is 9.84 Å². The predicted molar refractivity (Wildman–Crippen MR) is 78.6 cm³/mol. The third-order valence-corrected chi connectivity index (χ3v) is 5.70. The molecule has 0 bridgehead atoms. The van der Waals surface area contributed by atoms with Gasteiger partial charge in [-0.15, -0.1) is 0 Å². The topological polar surface area (TPSA) is 75.3 Å². The van der Waals surface area contributed by atoms with Gasteiger partial charge in [0, 0.05) is 6.54 Å². The van der Waals surface area contributed by atoms with Crippen LogP contribution in [0, 0.1) is 5.92 Å². The van der Waals surface area contributed by atoms with Gasteiger partial charge in [0.05, 0.1) is 28.8 Å². The highest BCUT2D eigenvalue weighted by Gasteiger charge is 2.33. The number of hydrogen-bond donors (Lipinski definition) is 2. The Morgan fingerprint density at radius 2 is 2.20 bits per heavy atom. The highest BCUT2D eigenvalue weighted by Crippen LogP contribution is 2.31. The summed E-state index contributed by atoms with van der Waals surface area (Å²) in [6, 6.07) is 5.84. The van der Waals surface area contributed by atoms with E-state index < -0.39 is 15.8 Å². The molecular weight excluding hydrogens is 276 g/mol. The molecule has 0 radical (unpaired) electrons. The molecule has 6 heteroatoms. The van der Waals surface area contributed by atoms with Crippen molar-refractivity contribution < 1.29 is 13.2 Å². The van der Waals surface area contributed by atoms with Gasteiger partial charge in [-0.05, 0) is 30.9 Å². The van der Waals surface area contributed by atoms with E-state index in [0.29, 0.717) is 6.42 Å². The number of nitrogens with one attached hydrogen (secondary N) is 2. The Kier molecular flexibility index (Phi) is 3.41. The highest BCUT2D eigenvalue weighted by molar-refractivity contribution is 7.91. The van der Waals surface area contributed by atoms with Crippen molar-refractivity contribution in [1.29, 1.82) is 0 Å². The van der Waals surface area contributed by atoms with Gasteiger partial charge in [-0.2, -0.15) is 0 Å². The van der Waals surface area contributed by atoms with E-state index in [9.17, 15) is 13.2 Å². The minimum Gasteiger partial charge on any atom is -0.383 e. The minimum atomic E-state index is -3.03. The van der Waals surface area contributed by atoms with Crippen molar-refractivity contribution >= 4 is 27.1 Å². The molecule has 1 aromatic rings. The van der Waals surface area contributed by atoms with Crippen molar-refractivity contribution in [2.45, 2.75) is 19.3 Å². The van der Waals surface area contributed by atoms with E-state index in [0.717, 1.165) is 30.8 Å². The van der Waals surface area contributed by atoms with Crippen LogP contribution in [0.15, 0.2) is 18.2 Å². The van der Waals surface area contributed by atoms with Crippen molar-refractivity contribution in [3.8, 4) is 0 Å². The number of fused-ring (bicyclic) bond motifs is 1. The fraction of sp³-hybridized carbons (Fsp3) is 0.500. The van der Waals surface area contributed by atoms with Crippen LogP contribution >= 0.6 is 0 Å². The second-order valence-corrected chi connectivity index (χ2v) is 7.69. The molecule has 20 heavy (non-hydrogen) atoms. The van der Waals surface area contributed by atoms with Crippen molar-refractivity contribution in [3.05, 3.63) is 23.8 Å². The van der Waals surface area contributed by atoms with E-state index in [1.165, 1.54) is 5.56 Å². The van der Waals surface area contributed by atoms with E-state index in [-0.39, 0.29) is 17.4 Å². The van der Waals surface area contributed by atoms with Crippen molar-refractivity contribution in [2.75, 3.05) is 28.7 Å². The summed E-state index contributed by atoms with van der Waals surface area (Å²) in [5, 5.41) is 6.19. The van der Waals surface area contributed by atoms with Gasteiger partial charge in [0.2, 0.25) is 5.91 Å². The lowest BCUT2D eigenvalue weighted by atomic mass is 10.0. The number of aryl methyl sites for hydroxylation is 1. The van der Waals surface area contributed by atoms with Crippen LogP contribution in [-0.2, 0) is 21.1 Å². The van der Waals surface area contributed by atoms with E-state index in [1.54, 1.807) is 0 Å². The number of hydrogen-bond acceptors (Lipinski definition) is 4. The van der Waals surface area contributed by atoms with Gasteiger partial charge in [0.1, 0.15) is 0 Å². The molecule has 3 rings (SSSR count). The van der Waals surface area contributed by atoms with Crippen LogP contribution in [-0.4, -0.2) is 32.4 Å². The first-order chi connectivity index (χ1) is 9.55. The summed E-state index contributed by atoms with van der Waals surface area (Å²) >= 11 is 0. The Hall–Kier alpha value is -1.56. The summed E-state index contributed by atoms with van der Waals surface area (Å²) in [5.41, 5.74) is 2.94. The van der Waals surface area contributed by atoms with Gasteiger partial charge in [-0.3, -0.25) is 4.79 Å². The lowest BCUT2D eigenvalue weighted by molar-refractivity contribution is -0.119. The molecule has 1 unspecified atom stereocenters. The standard InChI is InChI=1S/C14H18N2O3S/c17-14(11-6-8-20(18,19)9-11)16-12-5-1-3-10-4-2-7-15-13(10)12/h1,3,5,11,15H,2,4,6-9H2,(H,16,17). The summed E-state index contributed by atoms with van der Waals surface area (Å²) in [5.74, 6) is -0.511. The molecule has 2 heterocycles. The average Bonchev–Trinajstić information content (AvgIpc) is 2.80. The van der Waals surface area contributed by atoms with Gasteiger partial charge in [-0.25, -0.2) is 8.42 Å². The Labute approximate surface area is 118 Å². The number of para-hydroxylation sites is 1. The third-order valence-electron chi connectivity index (χ3n) is 3.94. The first kappa shape index (κ1) is 13.4. The zero-order valence-corrected chi connectivity index (χ0v) is 12.0. The fourth-order valence-corrected chi connectivity index (χ4v) is 4.59. The molecular formula is C14H18N2O3S. The predicted octanol–water partition coefficient (Wildman–Crippen LogP) is 1.42. The quantitative estimate of drug-likeness (QED) is 0.865. The molecule has 1 saturated heterocycles. The Bertz CT molecular complexity index is 640. The largest absolute Gasteiger partial charge is 0.383 e. The molecule has 108 valence electrons. The van der Waals surface area contributed by atoms with Crippen molar-refractivity contribution in [2.24, 2.45) is 5.92 Å². The van der Waals surface area contributed by atoms with E-state index in [1.807, 2.05) is 12.1 Å². The molecule has 5 nitrogen and oxygen atoms in total. The van der Waals surface area contributed by atoms with Crippen LogP contribution in [0.3, 0.4) is 0 Å². The maximum absolute atomic E-state index is 12.2. The Balaban J connectivity index is 1.77. The molecule has 0 aliphatic carbocycles. The molecule has 0 saturated carbocycles. The molecule has 0 aromatic heterocycles. The summed E-state index contributed by atoms with van der Waals surface area (Å²) in [6.07, 6.45) is 2.52. The highest BCUT2D eigenvalue weighted by atomic mass is 32.2. The summed E-state index contributed by atoms with van der Waals surface area (Å²) in [6.45, 7) is 0.900. The molecule has 0 spiro atoms. The monoisotopic (exact) mass is 294 g/mol. The number of carbonyl (C=O) groups excluding carboxylic acids is 1. The smallest absolute Gasteiger partial charge is 0.228 e. The maximum Gasteiger partial charge on any atom is 0.228 e. The van der Waals surface area contributed by atoms with Crippen molar-refractivity contribution in [1.82, 2.24) is 0 Å². The SMILES string of the molecule is O=C(Nc1cccc2c1NCCC2)C1CCS(=O)(=O)C1. The van der Waals surface area contributed by atoms with Gasteiger partial charge < -0.3 is 10.6 Å². The lowest BCUT2D eigenvalue weighted by Crippen LogP contribution is -2.25. The molecule has 2 N–H and O–H groups in total. The van der Waals surface area contributed by atoms with Gasteiger partial charge in [0.25, 0.3) is 0 Å². The summed E-state index contributed by atoms with van der Waals surface area (Å²) in [7, 11) is -3.03. The number of sulfone groups is 1. The molecule has 1 aromatic carbocycles. The summed E-state index contributed by atoms with van der Waals surface area (Å²) in [4.78, 5) is 12.2. The Morgan fingerprint density at radius 3 is 2.95 bits per heavy atom. The van der Waals surface area contributed by atoms with E-state index in [2.05, 4.69) is 16.7 Å². The molecule has 2 aliphatic heterocycles. The minimum absolute atomic E-state index is 0.0265. The number of anilines is 2. The van der Waals surface area contributed by atoms with E-state index >= 15 is 0 Å². The number of carbonyl (C=O) groups is 1. The van der Waals surface area contributed by atoms with Crippen molar-refractivity contribution in [3.63, 3.8) is 0 Å². The van der Waals surface area contributed by atoms with Gasteiger partial charge in [-0.1, -0.05) is 12.1 Å². The lowest BCUT2D eigenvalue weighted by Gasteiger charge is -2.22. The first-order valence-electron chi connectivity index (χ1n) is 6.92. The zero-order valence-electron chi connectivity index (χ0n) is 11.2. The van der Waals surface area contributed by atoms with Crippen LogP contribution < -0.4 is 10.6 Å². The second kappa shape index (κ2) is 5.09. The number of rotatable bonds is 2. The molecule has 1 amide bonds. The van der Waals surface area contributed by atoms with Crippen LogP contribution in [0.5, 0.6) is 0 Å². The van der Waals surface area contributed by atoms with Crippen LogP contribution in [0.4, 0.5) is 11.4 Å². The summed E-state index contributed by atoms with van der Waals surface area (Å²) < 4.78 is 22.9. The number of amides is 1. The van der Waals surface area contributed by atoms with E-state index in [4.69, 9.17) is 0 Å². The fourth-order valence-electron chi connectivity index (χ4n) is 2.85. The normalized spacial score (nSPS) is 23.7. The first-order valence-corrected chi connectivity index (χ1v) is 8.74. The molecule has 2 aliphatic rings. The van der Waals surface area contributed by atoms with Crippen LogP contribution in [0.1, 0.15) is 18.4 Å². The number of benzene rings is 1. The maximum atomic E-state index is 12.2. The van der Waals surface area contributed by atoms with Crippen LogP contribution in [0.25, 0.3) is 0 Å². The zero-order chi connectivity index (χ0) is 14.2. The molecule has 1 fully saturated rings. The third kappa shape index (κ3) is 2.65. The van der Waals surface area contributed by atoms with Gasteiger partial charge >= 0.3 is 0 Å². The Morgan fingerprint density at radius 1 is 1.35 bits per heavy atom. The average molecular weight is 294 g/mol. The van der Waals surface area contributed by atoms with Crippen LogP contribution in [0.2, 0.25) is 0 Å². The molecule has 1 atom stereocenters.